The van der Waals surface area contributed by atoms with Crippen molar-refractivity contribution in [3.8, 4) is 0 Å². The standard InChI is InChI=1S/C19H21F4N5O.2C16H12F7N5O.2C2H6/c1-4-18(29,5-2)16(12-6-7-13(14(20)9-12)19(21,22)23)27-15-8-11(3)26-17-24-10-25-28(15)17;2*1-29-6-11(8-2-3-9(10(17)4-8)15(18,19)20)26-13-5-12(16(21,22)23)27-14-24-7-25-28(13)14;2*1-2/h6-10,16,27,29H,4-5H2,1-3H3;2*2-5,7,11,26H,6H2,1H3;2*1-2H3. The maximum Gasteiger partial charge on any atom is 0.433 e. The van der Waals surface area contributed by atoms with Crippen molar-refractivity contribution >= 4 is 34.8 Å². The first kappa shape index (κ1) is 73.1. The van der Waals surface area contributed by atoms with E-state index in [1.165, 1.54) is 31.1 Å². The first-order valence-electron chi connectivity index (χ1n) is 26.9. The Morgan fingerprint density at radius 1 is 0.451 bits per heavy atom. The maximum atomic E-state index is 14.2. The van der Waals surface area contributed by atoms with Crippen molar-refractivity contribution in [3.05, 3.63) is 160 Å². The topological polar surface area (TPSA) is 204 Å². The van der Waals surface area contributed by atoms with E-state index in [0.29, 0.717) is 59.8 Å². The number of hydrogen-bond acceptors (Lipinski definition) is 15. The van der Waals surface area contributed by atoms with E-state index in [4.69, 9.17) is 9.47 Å². The Balaban J connectivity index is 0.000000241. The predicted octanol–water partition coefficient (Wildman–Crippen LogP) is 14.5. The average Bonchev–Trinajstić information content (AvgIpc) is 1.86. The number of methoxy groups -OCH3 is 2. The zero-order chi connectivity index (χ0) is 68.2. The minimum Gasteiger partial charge on any atom is -0.387 e. The van der Waals surface area contributed by atoms with Crippen LogP contribution in [0.5, 0.6) is 0 Å². The van der Waals surface area contributed by atoms with Crippen molar-refractivity contribution in [2.24, 2.45) is 0 Å². The van der Waals surface area contributed by atoms with E-state index >= 15 is 0 Å². The second-order valence-electron chi connectivity index (χ2n) is 18.7. The van der Waals surface area contributed by atoms with Gasteiger partial charge < -0.3 is 30.5 Å². The highest BCUT2D eigenvalue weighted by Gasteiger charge is 2.41. The van der Waals surface area contributed by atoms with E-state index < -0.39 is 100 Å². The molecule has 9 aromatic rings. The molecule has 496 valence electrons. The smallest absolute Gasteiger partial charge is 0.387 e. The van der Waals surface area contributed by atoms with Crippen molar-refractivity contribution in [2.45, 2.75) is 116 Å². The third-order valence-corrected chi connectivity index (χ3v) is 12.9. The highest BCUT2D eigenvalue weighted by atomic mass is 19.4. The Hall–Kier alpha value is -8.67. The van der Waals surface area contributed by atoms with Gasteiger partial charge in [-0.05, 0) is 72.9 Å². The molecule has 4 N–H and O–H groups in total. The quantitative estimate of drug-likeness (QED) is 0.0665. The van der Waals surface area contributed by atoms with Gasteiger partial charge in [0.15, 0.2) is 11.4 Å². The van der Waals surface area contributed by atoms with Crippen molar-refractivity contribution in [1.29, 1.82) is 0 Å². The lowest BCUT2D eigenvalue weighted by atomic mass is 9.83. The average molecular weight is 1320 g/mol. The van der Waals surface area contributed by atoms with Crippen LogP contribution >= 0.6 is 0 Å². The molecule has 3 atom stereocenters. The molecular weight excluding hydrogens is 1260 g/mol. The molecule has 18 nitrogen and oxygen atoms in total. The summed E-state index contributed by atoms with van der Waals surface area (Å²) in [6, 6.07) is 7.17. The number of aryl methyl sites for hydroxylation is 1. The molecule has 91 heavy (non-hydrogen) atoms. The number of nitrogens with zero attached hydrogens (tertiary/aromatic N) is 12. The van der Waals surface area contributed by atoms with E-state index in [-0.39, 0.29) is 65.9 Å². The van der Waals surface area contributed by atoms with Crippen molar-refractivity contribution in [2.75, 3.05) is 43.4 Å². The number of fused-ring (bicyclic) bond motifs is 3. The summed E-state index contributed by atoms with van der Waals surface area (Å²) in [6.07, 6.45) is -20.3. The van der Waals surface area contributed by atoms with Crippen molar-refractivity contribution < 1.29 is 93.6 Å². The lowest BCUT2D eigenvalue weighted by Crippen LogP contribution is -2.40. The summed E-state index contributed by atoms with van der Waals surface area (Å²) in [6.45, 7) is 12.9. The van der Waals surface area contributed by atoms with Gasteiger partial charge in [0, 0.05) is 38.1 Å². The highest BCUT2D eigenvalue weighted by Crippen LogP contribution is 2.40. The van der Waals surface area contributed by atoms with Gasteiger partial charge >= 0.3 is 30.9 Å². The van der Waals surface area contributed by atoms with Crippen LogP contribution in [-0.2, 0) is 40.4 Å². The van der Waals surface area contributed by atoms with E-state index in [2.05, 4.69) is 61.2 Å². The molecule has 3 unspecified atom stereocenters. The molecule has 0 aliphatic heterocycles. The van der Waals surface area contributed by atoms with Crippen molar-refractivity contribution in [3.63, 3.8) is 0 Å². The number of alkyl halides is 15. The third kappa shape index (κ3) is 18.1. The highest BCUT2D eigenvalue weighted by molar-refractivity contribution is 5.51. The molecule has 0 spiro atoms. The van der Waals surface area contributed by atoms with E-state index in [0.717, 1.165) is 39.9 Å². The minimum atomic E-state index is -4.88. The van der Waals surface area contributed by atoms with Crippen LogP contribution < -0.4 is 16.0 Å². The van der Waals surface area contributed by atoms with Crippen LogP contribution in [0, 0.1) is 24.4 Å². The molecule has 3 aromatic carbocycles. The fourth-order valence-corrected chi connectivity index (χ4v) is 8.52. The van der Waals surface area contributed by atoms with Crippen molar-refractivity contribution in [1.82, 2.24) is 58.7 Å². The molecule has 0 fully saturated rings. The number of ether oxygens (including phenoxy) is 2. The van der Waals surface area contributed by atoms with Gasteiger partial charge in [0.25, 0.3) is 17.3 Å². The largest absolute Gasteiger partial charge is 0.433 e. The predicted molar refractivity (Wildman–Crippen MR) is 292 cm³/mol. The Morgan fingerprint density at radius 2 is 0.769 bits per heavy atom. The molecule has 9 rings (SSSR count). The van der Waals surface area contributed by atoms with Gasteiger partial charge in [0.1, 0.15) is 53.9 Å². The third-order valence-electron chi connectivity index (χ3n) is 12.9. The van der Waals surface area contributed by atoms with Crippen LogP contribution in [0.2, 0.25) is 0 Å². The molecular formula is C55H57F18N15O3. The zero-order valence-corrected chi connectivity index (χ0v) is 49.2. The van der Waals surface area contributed by atoms with Gasteiger partial charge in [0.05, 0.1) is 53.6 Å². The van der Waals surface area contributed by atoms with Gasteiger partial charge in [-0.15, -0.1) is 0 Å². The fraction of sp³-hybridized carbons (Fsp3) is 0.400. The number of hydrogen-bond donors (Lipinski definition) is 4. The number of benzene rings is 3. The monoisotopic (exact) mass is 1320 g/mol. The van der Waals surface area contributed by atoms with Crippen LogP contribution in [0.1, 0.15) is 123 Å². The minimum absolute atomic E-state index is 0.0241. The Labute approximate surface area is 505 Å². The lowest BCUT2D eigenvalue weighted by molar-refractivity contribution is -0.141. The Bertz CT molecular complexity index is 3660. The molecule has 6 heterocycles. The van der Waals surface area contributed by atoms with Gasteiger partial charge in [-0.2, -0.15) is 110 Å². The molecule has 0 amide bonds. The summed E-state index contributed by atoms with van der Waals surface area (Å²) in [5, 5.41) is 31.2. The zero-order valence-electron chi connectivity index (χ0n) is 49.2. The van der Waals surface area contributed by atoms with Gasteiger partial charge in [-0.25, -0.2) is 28.1 Å². The number of nitrogens with one attached hydrogen (secondary N) is 3. The summed E-state index contributed by atoms with van der Waals surface area (Å²) >= 11 is 0. The summed E-state index contributed by atoms with van der Waals surface area (Å²) in [7, 11) is 2.54. The fourth-order valence-electron chi connectivity index (χ4n) is 8.52. The van der Waals surface area contributed by atoms with Crippen LogP contribution in [0.4, 0.5) is 96.5 Å². The number of halogens is 18. The van der Waals surface area contributed by atoms with Crippen LogP contribution in [0.25, 0.3) is 17.3 Å². The molecule has 6 aromatic heterocycles. The molecule has 0 aliphatic rings. The van der Waals surface area contributed by atoms with Gasteiger partial charge in [-0.3, -0.25) is 0 Å². The second-order valence-corrected chi connectivity index (χ2v) is 18.7. The molecule has 0 bridgehead atoms. The molecule has 0 saturated carbocycles. The van der Waals surface area contributed by atoms with Crippen LogP contribution in [0.3, 0.4) is 0 Å². The number of anilines is 3. The lowest BCUT2D eigenvalue weighted by Gasteiger charge is -2.36. The first-order chi connectivity index (χ1) is 42.6. The van der Waals surface area contributed by atoms with Crippen LogP contribution in [-0.4, -0.2) is 96.9 Å². The second kappa shape index (κ2) is 30.0. The van der Waals surface area contributed by atoms with E-state index in [1.54, 1.807) is 26.8 Å². The summed E-state index contributed by atoms with van der Waals surface area (Å²) in [5.74, 6) is -4.80. The number of aromatic nitrogens is 12. The molecule has 0 saturated heterocycles. The number of rotatable bonds is 16. The Kier molecular flexibility index (Phi) is 24.1. The summed E-state index contributed by atoms with van der Waals surface area (Å²) in [4.78, 5) is 22.2. The molecule has 0 aliphatic carbocycles. The van der Waals surface area contributed by atoms with Gasteiger partial charge in [-0.1, -0.05) is 59.7 Å². The summed E-state index contributed by atoms with van der Waals surface area (Å²) < 4.78 is 249. The SMILES string of the molecule is CC.CC.CCC(O)(CC)C(Nc1cc(C)nc2ncnn12)c1ccc(C(F)(F)F)c(F)c1.COCC(Nc1cc(C(F)(F)F)nc2ncnn12)c1ccc(C(F)(F)F)c(F)c1.COCC(Nc1cc(C(F)(F)F)nc2ncnn12)c1ccc(C(F)(F)F)c(F)c1. The maximum absolute atomic E-state index is 14.2. The number of aliphatic hydroxyl groups is 1. The first-order valence-corrected chi connectivity index (χ1v) is 26.9. The normalized spacial score (nSPS) is 13.2. The Morgan fingerprint density at radius 3 is 1.08 bits per heavy atom. The van der Waals surface area contributed by atoms with Gasteiger partial charge in [0.2, 0.25) is 0 Å². The molecule has 0 radical (unpaired) electrons. The summed E-state index contributed by atoms with van der Waals surface area (Å²) in [5.41, 5.74) is -7.27. The van der Waals surface area contributed by atoms with E-state index in [9.17, 15) is 84.1 Å². The molecule has 36 heteroatoms. The van der Waals surface area contributed by atoms with Crippen LogP contribution in [0.15, 0.2) is 91.8 Å². The van der Waals surface area contributed by atoms with E-state index in [1.807, 2.05) is 27.7 Å².